The van der Waals surface area contributed by atoms with Gasteiger partial charge in [0.1, 0.15) is 0 Å². The molecule has 0 aliphatic carbocycles. The van der Waals surface area contributed by atoms with Crippen LogP contribution >= 0.6 is 0 Å². The van der Waals surface area contributed by atoms with Gasteiger partial charge in [0.15, 0.2) is 0 Å². The highest BCUT2D eigenvalue weighted by Gasteiger charge is 2.17. The van der Waals surface area contributed by atoms with E-state index in [1.165, 1.54) is 12.8 Å². The van der Waals surface area contributed by atoms with E-state index in [0.29, 0.717) is 23.4 Å². The van der Waals surface area contributed by atoms with Crippen LogP contribution < -0.4 is 16.0 Å². The van der Waals surface area contributed by atoms with Crippen LogP contribution in [0.2, 0.25) is 0 Å². The van der Waals surface area contributed by atoms with Crippen LogP contribution in [-0.2, 0) is 4.79 Å². The minimum absolute atomic E-state index is 0.0437. The highest BCUT2D eigenvalue weighted by Crippen LogP contribution is 2.16. The maximum atomic E-state index is 12.8. The van der Waals surface area contributed by atoms with Gasteiger partial charge >= 0.3 is 0 Å². The van der Waals surface area contributed by atoms with Crippen LogP contribution in [0.3, 0.4) is 0 Å². The number of amides is 3. The predicted octanol–water partition coefficient (Wildman–Crippen LogP) is 3.50. The number of hydrogen-bond acceptors (Lipinski definition) is 4. The van der Waals surface area contributed by atoms with Crippen LogP contribution in [0.5, 0.6) is 0 Å². The number of carbonyl (C=O) groups is 3. The summed E-state index contributed by atoms with van der Waals surface area (Å²) >= 11 is 0. The first-order chi connectivity index (χ1) is 15.1. The van der Waals surface area contributed by atoms with Gasteiger partial charge in [0, 0.05) is 42.1 Å². The number of benzene rings is 2. The molecule has 0 spiro atoms. The summed E-state index contributed by atoms with van der Waals surface area (Å²) < 4.78 is 0. The first-order valence-electron chi connectivity index (χ1n) is 10.9. The molecule has 0 atom stereocenters. The molecule has 164 valence electrons. The van der Waals surface area contributed by atoms with Gasteiger partial charge in [0.05, 0.1) is 6.54 Å². The van der Waals surface area contributed by atoms with Crippen LogP contribution in [-0.4, -0.2) is 48.8 Å². The highest BCUT2D eigenvalue weighted by atomic mass is 16.2. The van der Waals surface area contributed by atoms with E-state index in [1.54, 1.807) is 30.3 Å². The van der Waals surface area contributed by atoms with Gasteiger partial charge in [-0.05, 0) is 62.2 Å². The Balaban J connectivity index is 1.52. The molecule has 1 heterocycles. The van der Waals surface area contributed by atoms with Crippen LogP contribution in [0.25, 0.3) is 0 Å². The average Bonchev–Trinajstić information content (AvgIpc) is 3.08. The minimum Gasteiger partial charge on any atom is -0.376 e. The van der Waals surface area contributed by atoms with E-state index in [9.17, 15) is 14.4 Å². The highest BCUT2D eigenvalue weighted by molar-refractivity contribution is 5.97. The van der Waals surface area contributed by atoms with Gasteiger partial charge in [0.2, 0.25) is 5.91 Å². The van der Waals surface area contributed by atoms with Crippen molar-refractivity contribution in [3.63, 3.8) is 0 Å². The van der Waals surface area contributed by atoms with Gasteiger partial charge < -0.3 is 20.9 Å². The third-order valence-corrected chi connectivity index (χ3v) is 5.22. The number of rotatable bonds is 7. The van der Waals surface area contributed by atoms with Crippen molar-refractivity contribution in [3.8, 4) is 0 Å². The molecular weight excluding hydrogens is 392 g/mol. The number of nitrogens with one attached hydrogen (secondary N) is 3. The fraction of sp³-hybridized carbons (Fsp3) is 0.375. The second kappa shape index (κ2) is 11.2. The molecular formula is C24H30N4O3. The van der Waals surface area contributed by atoms with E-state index >= 15 is 0 Å². The fourth-order valence-corrected chi connectivity index (χ4v) is 3.57. The van der Waals surface area contributed by atoms with E-state index in [2.05, 4.69) is 16.0 Å². The lowest BCUT2D eigenvalue weighted by molar-refractivity contribution is -0.114. The molecule has 2 aromatic carbocycles. The zero-order chi connectivity index (χ0) is 22.1. The summed E-state index contributed by atoms with van der Waals surface area (Å²) in [6.07, 6.45) is 4.45. The molecule has 1 aliphatic heterocycles. The molecule has 0 aromatic heterocycles. The normalized spacial score (nSPS) is 13.8. The van der Waals surface area contributed by atoms with E-state index in [0.717, 1.165) is 31.6 Å². The summed E-state index contributed by atoms with van der Waals surface area (Å²) in [6.45, 7) is 4.10. The van der Waals surface area contributed by atoms with Crippen molar-refractivity contribution in [1.29, 1.82) is 0 Å². The molecule has 7 heteroatoms. The van der Waals surface area contributed by atoms with Gasteiger partial charge in [-0.25, -0.2) is 0 Å². The summed E-state index contributed by atoms with van der Waals surface area (Å²) in [7, 11) is 0. The maximum absolute atomic E-state index is 12.8. The molecule has 0 radical (unpaired) electrons. The quantitative estimate of drug-likeness (QED) is 0.637. The molecule has 0 saturated carbocycles. The average molecular weight is 423 g/mol. The molecule has 1 aliphatic rings. The Morgan fingerprint density at radius 2 is 1.58 bits per heavy atom. The number of anilines is 2. The Hall–Kier alpha value is -3.35. The van der Waals surface area contributed by atoms with Gasteiger partial charge in [0.25, 0.3) is 11.8 Å². The van der Waals surface area contributed by atoms with Crippen molar-refractivity contribution in [1.82, 2.24) is 10.2 Å². The molecule has 3 rings (SSSR count). The van der Waals surface area contributed by atoms with Gasteiger partial charge in [-0.1, -0.05) is 18.9 Å². The topological polar surface area (TPSA) is 90.5 Å². The minimum atomic E-state index is -0.213. The lowest BCUT2D eigenvalue weighted by atomic mass is 10.1. The number of nitrogens with zero attached hydrogens (tertiary/aromatic N) is 1. The third kappa shape index (κ3) is 6.57. The zero-order valence-corrected chi connectivity index (χ0v) is 17.9. The monoisotopic (exact) mass is 422 g/mol. The molecule has 0 bridgehead atoms. The smallest absolute Gasteiger partial charge is 0.253 e. The Morgan fingerprint density at radius 1 is 0.871 bits per heavy atom. The Morgan fingerprint density at radius 3 is 2.26 bits per heavy atom. The molecule has 2 aromatic rings. The summed E-state index contributed by atoms with van der Waals surface area (Å²) in [4.78, 5) is 38.8. The second-order valence-corrected chi connectivity index (χ2v) is 7.63. The third-order valence-electron chi connectivity index (χ3n) is 5.22. The van der Waals surface area contributed by atoms with Crippen LogP contribution in [0.1, 0.15) is 53.3 Å². The van der Waals surface area contributed by atoms with Gasteiger partial charge in [-0.15, -0.1) is 0 Å². The van der Waals surface area contributed by atoms with Gasteiger partial charge in [-0.3, -0.25) is 14.4 Å². The predicted molar refractivity (Wildman–Crippen MR) is 122 cm³/mol. The molecule has 0 unspecified atom stereocenters. The standard InChI is InChI=1S/C24H30N4O3/c1-2-25-23(30)18-10-12-20(13-11-18)27-22(29)17-26-21-9-7-8-19(16-21)24(31)28-14-5-3-4-6-15-28/h7-13,16,26H,2-6,14-15,17H2,1H3,(H,25,30)(H,27,29). The van der Waals surface area contributed by atoms with Crippen molar-refractivity contribution in [2.24, 2.45) is 0 Å². The van der Waals surface area contributed by atoms with Crippen molar-refractivity contribution in [2.45, 2.75) is 32.6 Å². The van der Waals surface area contributed by atoms with E-state index < -0.39 is 0 Å². The molecule has 1 saturated heterocycles. The number of hydrogen-bond donors (Lipinski definition) is 3. The van der Waals surface area contributed by atoms with E-state index in [-0.39, 0.29) is 24.3 Å². The number of likely N-dealkylation sites (tertiary alicyclic amines) is 1. The first kappa shape index (κ1) is 22.3. The lowest BCUT2D eigenvalue weighted by Crippen LogP contribution is -2.31. The SMILES string of the molecule is CCNC(=O)c1ccc(NC(=O)CNc2cccc(C(=O)N3CCCCCC3)c2)cc1. The maximum Gasteiger partial charge on any atom is 0.253 e. The molecule has 3 amide bonds. The van der Waals surface area contributed by atoms with Crippen LogP contribution in [0.15, 0.2) is 48.5 Å². The first-order valence-corrected chi connectivity index (χ1v) is 10.9. The van der Waals surface area contributed by atoms with E-state index in [1.807, 2.05) is 30.0 Å². The van der Waals surface area contributed by atoms with Crippen molar-refractivity contribution >= 4 is 29.1 Å². The Labute approximate surface area is 183 Å². The Kier molecular flexibility index (Phi) is 8.04. The number of carbonyl (C=O) groups excluding carboxylic acids is 3. The van der Waals surface area contributed by atoms with Crippen LogP contribution in [0.4, 0.5) is 11.4 Å². The van der Waals surface area contributed by atoms with Crippen molar-refractivity contribution in [3.05, 3.63) is 59.7 Å². The molecule has 31 heavy (non-hydrogen) atoms. The summed E-state index contributed by atoms with van der Waals surface area (Å²) in [6, 6.07) is 14.0. The molecule has 7 nitrogen and oxygen atoms in total. The van der Waals surface area contributed by atoms with Crippen molar-refractivity contribution in [2.75, 3.05) is 36.8 Å². The summed E-state index contributed by atoms with van der Waals surface area (Å²) in [5.41, 5.74) is 2.52. The molecule has 3 N–H and O–H groups in total. The Bertz CT molecular complexity index is 903. The lowest BCUT2D eigenvalue weighted by Gasteiger charge is -2.20. The van der Waals surface area contributed by atoms with Gasteiger partial charge in [-0.2, -0.15) is 0 Å². The summed E-state index contributed by atoms with van der Waals surface area (Å²) in [5.74, 6) is -0.311. The second-order valence-electron chi connectivity index (χ2n) is 7.63. The van der Waals surface area contributed by atoms with Crippen LogP contribution in [0, 0.1) is 0 Å². The zero-order valence-electron chi connectivity index (χ0n) is 17.9. The largest absolute Gasteiger partial charge is 0.376 e. The van der Waals surface area contributed by atoms with E-state index in [4.69, 9.17) is 0 Å². The van der Waals surface area contributed by atoms with Crippen molar-refractivity contribution < 1.29 is 14.4 Å². The fourth-order valence-electron chi connectivity index (χ4n) is 3.57. The molecule has 1 fully saturated rings. The summed E-state index contributed by atoms with van der Waals surface area (Å²) in [5, 5.41) is 8.61.